The largest absolute Gasteiger partial charge is 0.299 e. The van der Waals surface area contributed by atoms with E-state index >= 15 is 0 Å². The molecule has 0 aromatic heterocycles. The van der Waals surface area contributed by atoms with Gasteiger partial charge in [-0.05, 0) is 38.1 Å². The number of nitrogens with zero attached hydrogens (tertiary/aromatic N) is 3. The number of Topliss-reactive ketones (excluding diaryl/α,β-unsaturated/α-hetero) is 1. The molecule has 0 amide bonds. The predicted molar refractivity (Wildman–Crippen MR) is 64.0 cm³/mol. The molecule has 1 saturated carbocycles. The van der Waals surface area contributed by atoms with Gasteiger partial charge in [0, 0.05) is 23.3 Å². The highest BCUT2D eigenvalue weighted by atomic mass is 16.1. The van der Waals surface area contributed by atoms with Gasteiger partial charge in [0.25, 0.3) is 0 Å². The Morgan fingerprint density at radius 2 is 2.38 bits per heavy atom. The second kappa shape index (κ2) is 6.33. The summed E-state index contributed by atoms with van der Waals surface area (Å²) >= 11 is 0. The Kier molecular flexibility index (Phi) is 5.06. The van der Waals surface area contributed by atoms with E-state index in [1.165, 1.54) is 0 Å². The summed E-state index contributed by atoms with van der Waals surface area (Å²) in [6.45, 7) is 2.44. The molecule has 1 aliphatic carbocycles. The molecule has 0 N–H and O–H groups in total. The second-order valence-corrected chi connectivity index (χ2v) is 4.34. The van der Waals surface area contributed by atoms with Crippen LogP contribution in [0.25, 0.3) is 10.4 Å². The molecule has 4 nitrogen and oxygen atoms in total. The highest BCUT2D eigenvalue weighted by molar-refractivity contribution is 5.87. The summed E-state index contributed by atoms with van der Waals surface area (Å²) in [7, 11) is 0. The molecular formula is C12H19N3O. The van der Waals surface area contributed by atoms with Crippen LogP contribution in [0.1, 0.15) is 45.4 Å². The molecule has 0 saturated heterocycles. The molecule has 0 aromatic carbocycles. The number of rotatable bonds is 5. The van der Waals surface area contributed by atoms with Gasteiger partial charge in [0.2, 0.25) is 0 Å². The summed E-state index contributed by atoms with van der Waals surface area (Å²) in [6, 6.07) is 0. The first-order chi connectivity index (χ1) is 7.75. The number of hydrogen-bond acceptors (Lipinski definition) is 2. The lowest BCUT2D eigenvalue weighted by atomic mass is 9.70. The van der Waals surface area contributed by atoms with Crippen LogP contribution >= 0.6 is 0 Å². The van der Waals surface area contributed by atoms with Crippen LogP contribution in [-0.4, -0.2) is 12.3 Å². The van der Waals surface area contributed by atoms with Gasteiger partial charge in [-0.15, -0.1) is 0 Å². The highest BCUT2D eigenvalue weighted by Crippen LogP contribution is 2.38. The van der Waals surface area contributed by atoms with Crippen molar-refractivity contribution in [2.75, 3.05) is 6.54 Å². The van der Waals surface area contributed by atoms with E-state index in [2.05, 4.69) is 10.0 Å². The first kappa shape index (κ1) is 12.8. The predicted octanol–water partition coefficient (Wildman–Crippen LogP) is 3.78. The number of carbonyl (C=O) groups is 1. The first-order valence-electron chi connectivity index (χ1n) is 5.93. The van der Waals surface area contributed by atoms with Crippen LogP contribution in [0.2, 0.25) is 0 Å². The molecular weight excluding hydrogens is 202 g/mol. The minimum Gasteiger partial charge on any atom is -0.299 e. The standard InChI is InChI=1S/C12H19N3O/c1-2-7-12(9-5-10-14-15-13)8-4-3-6-11(12)16/h2,7H,3-6,8-10H2,1H3/b7-2+/t12-/m1/s1. The van der Waals surface area contributed by atoms with Crippen LogP contribution in [0, 0.1) is 5.41 Å². The van der Waals surface area contributed by atoms with E-state index < -0.39 is 0 Å². The Morgan fingerprint density at radius 3 is 3.00 bits per heavy atom. The van der Waals surface area contributed by atoms with Crippen LogP contribution in [-0.2, 0) is 4.79 Å². The third-order valence-corrected chi connectivity index (χ3v) is 3.26. The van der Waals surface area contributed by atoms with Crippen LogP contribution in [0.15, 0.2) is 17.3 Å². The van der Waals surface area contributed by atoms with E-state index in [1.54, 1.807) is 0 Å². The summed E-state index contributed by atoms with van der Waals surface area (Å²) in [5.74, 6) is 0.359. The van der Waals surface area contributed by atoms with Crippen molar-refractivity contribution >= 4 is 5.78 Å². The number of azide groups is 1. The average molecular weight is 221 g/mol. The molecule has 4 heteroatoms. The Morgan fingerprint density at radius 1 is 1.56 bits per heavy atom. The molecule has 88 valence electrons. The number of ketones is 1. The topological polar surface area (TPSA) is 65.8 Å². The van der Waals surface area contributed by atoms with Gasteiger partial charge in [-0.25, -0.2) is 0 Å². The Bertz CT molecular complexity index is 318. The number of carbonyl (C=O) groups excluding carboxylic acids is 1. The highest BCUT2D eigenvalue weighted by Gasteiger charge is 2.36. The lowest BCUT2D eigenvalue weighted by Gasteiger charge is -2.33. The normalized spacial score (nSPS) is 25.7. The molecule has 1 atom stereocenters. The molecule has 0 radical (unpaired) electrons. The third-order valence-electron chi connectivity index (χ3n) is 3.26. The molecule has 1 rings (SSSR count). The SMILES string of the molecule is C/C=C/[C@]1(CCCN=[N+]=[N-])CCCCC1=O. The Labute approximate surface area is 96.4 Å². The minimum atomic E-state index is -0.266. The maximum atomic E-state index is 12.0. The molecule has 1 aliphatic rings. The molecule has 0 heterocycles. The van der Waals surface area contributed by atoms with Crippen LogP contribution in [0.5, 0.6) is 0 Å². The maximum Gasteiger partial charge on any atom is 0.142 e. The van der Waals surface area contributed by atoms with Gasteiger partial charge < -0.3 is 0 Å². The van der Waals surface area contributed by atoms with Crippen molar-refractivity contribution in [1.82, 2.24) is 0 Å². The minimum absolute atomic E-state index is 0.266. The van der Waals surface area contributed by atoms with Crippen molar-refractivity contribution in [2.45, 2.75) is 45.4 Å². The van der Waals surface area contributed by atoms with E-state index in [4.69, 9.17) is 5.53 Å². The molecule has 16 heavy (non-hydrogen) atoms. The van der Waals surface area contributed by atoms with Gasteiger partial charge in [-0.2, -0.15) is 0 Å². The fourth-order valence-corrected chi connectivity index (χ4v) is 2.47. The van der Waals surface area contributed by atoms with Crippen LogP contribution < -0.4 is 0 Å². The summed E-state index contributed by atoms with van der Waals surface area (Å²) in [6.07, 6.45) is 9.42. The summed E-state index contributed by atoms with van der Waals surface area (Å²) in [5, 5.41) is 3.52. The molecule has 0 unspecified atom stereocenters. The third kappa shape index (κ3) is 3.11. The van der Waals surface area contributed by atoms with Gasteiger partial charge in [-0.1, -0.05) is 23.7 Å². The zero-order chi connectivity index (χ0) is 11.9. The van der Waals surface area contributed by atoms with Crippen molar-refractivity contribution in [3.8, 4) is 0 Å². The van der Waals surface area contributed by atoms with Crippen LogP contribution in [0.3, 0.4) is 0 Å². The summed E-state index contributed by atoms with van der Waals surface area (Å²) in [5.41, 5.74) is 7.93. The second-order valence-electron chi connectivity index (χ2n) is 4.34. The van der Waals surface area contributed by atoms with Gasteiger partial charge in [0.1, 0.15) is 5.78 Å². The van der Waals surface area contributed by atoms with E-state index in [1.807, 2.05) is 19.1 Å². The lowest BCUT2D eigenvalue weighted by molar-refractivity contribution is -0.128. The molecule has 0 aromatic rings. The average Bonchev–Trinajstić information content (AvgIpc) is 2.29. The number of hydrogen-bond donors (Lipinski definition) is 0. The van der Waals surface area contributed by atoms with Crippen molar-refractivity contribution in [3.05, 3.63) is 22.6 Å². The monoisotopic (exact) mass is 221 g/mol. The van der Waals surface area contributed by atoms with Gasteiger partial charge in [0.15, 0.2) is 0 Å². The van der Waals surface area contributed by atoms with Gasteiger partial charge in [-0.3, -0.25) is 4.79 Å². The quantitative estimate of drug-likeness (QED) is 0.229. The number of allylic oxidation sites excluding steroid dienone is 2. The Hall–Kier alpha value is -1.28. The zero-order valence-corrected chi connectivity index (χ0v) is 9.85. The molecule has 0 aliphatic heterocycles. The lowest BCUT2D eigenvalue weighted by Crippen LogP contribution is -2.32. The fraction of sp³-hybridized carbons (Fsp3) is 0.750. The fourth-order valence-electron chi connectivity index (χ4n) is 2.47. The smallest absolute Gasteiger partial charge is 0.142 e. The van der Waals surface area contributed by atoms with Crippen molar-refractivity contribution in [2.24, 2.45) is 10.5 Å². The van der Waals surface area contributed by atoms with Gasteiger partial charge >= 0.3 is 0 Å². The van der Waals surface area contributed by atoms with Crippen molar-refractivity contribution in [3.63, 3.8) is 0 Å². The van der Waals surface area contributed by atoms with Gasteiger partial charge in [0.05, 0.1) is 0 Å². The molecule has 0 spiro atoms. The van der Waals surface area contributed by atoms with E-state index in [9.17, 15) is 4.79 Å². The van der Waals surface area contributed by atoms with E-state index in [0.29, 0.717) is 18.7 Å². The molecule has 1 fully saturated rings. The zero-order valence-electron chi connectivity index (χ0n) is 9.85. The maximum absolute atomic E-state index is 12.0. The molecule has 0 bridgehead atoms. The van der Waals surface area contributed by atoms with Crippen molar-refractivity contribution in [1.29, 1.82) is 0 Å². The first-order valence-corrected chi connectivity index (χ1v) is 5.93. The van der Waals surface area contributed by atoms with Crippen LogP contribution in [0.4, 0.5) is 0 Å². The summed E-state index contributed by atoms with van der Waals surface area (Å²) < 4.78 is 0. The van der Waals surface area contributed by atoms with E-state index in [-0.39, 0.29) is 5.41 Å². The summed E-state index contributed by atoms with van der Waals surface area (Å²) in [4.78, 5) is 14.7. The van der Waals surface area contributed by atoms with Crippen molar-refractivity contribution < 1.29 is 4.79 Å². The van der Waals surface area contributed by atoms with E-state index in [0.717, 1.165) is 32.1 Å². The Balaban J connectivity index is 2.63.